The third-order valence-electron chi connectivity index (χ3n) is 3.09. The van der Waals surface area contributed by atoms with Crippen LogP contribution in [0.4, 0.5) is 17.1 Å². The molecule has 1 amide bonds. The lowest BCUT2D eigenvalue weighted by Gasteiger charge is -2.08. The molecule has 112 valence electrons. The Bertz CT molecular complexity index is 756. The zero-order valence-corrected chi connectivity index (χ0v) is 11.5. The first-order chi connectivity index (χ1) is 10.4. The molecule has 0 bridgehead atoms. The van der Waals surface area contributed by atoms with Gasteiger partial charge in [-0.2, -0.15) is 0 Å². The van der Waals surface area contributed by atoms with E-state index in [0.29, 0.717) is 11.3 Å². The molecule has 0 aliphatic rings. The first-order valence-electron chi connectivity index (χ1n) is 6.20. The highest BCUT2D eigenvalue weighted by Crippen LogP contribution is 2.25. The molecule has 0 atom stereocenters. The van der Waals surface area contributed by atoms with Crippen LogP contribution >= 0.6 is 0 Å². The van der Waals surface area contributed by atoms with Gasteiger partial charge in [0, 0.05) is 23.8 Å². The van der Waals surface area contributed by atoms with E-state index < -0.39 is 15.8 Å². The van der Waals surface area contributed by atoms with Gasteiger partial charge in [0.2, 0.25) is 0 Å². The fourth-order valence-electron chi connectivity index (χ4n) is 1.89. The summed E-state index contributed by atoms with van der Waals surface area (Å²) in [4.78, 5) is 32.4. The Balaban J connectivity index is 2.24. The molecule has 0 heterocycles. The average Bonchev–Trinajstić information content (AvgIpc) is 2.49. The van der Waals surface area contributed by atoms with Crippen molar-refractivity contribution in [1.29, 1.82) is 0 Å². The standard InChI is InChI=1S/C14H11N3O5/c1-9-12(3-2-4-13(9)17(21)22)15-14(18)10-5-7-11(8-6-10)16(19)20/h2-8H,1H3,(H,15,18). The maximum absolute atomic E-state index is 12.1. The van der Waals surface area contributed by atoms with E-state index in [9.17, 15) is 25.0 Å². The van der Waals surface area contributed by atoms with Gasteiger partial charge >= 0.3 is 0 Å². The number of non-ortho nitro benzene ring substituents is 1. The Kier molecular flexibility index (Phi) is 4.12. The summed E-state index contributed by atoms with van der Waals surface area (Å²) in [6.07, 6.45) is 0. The van der Waals surface area contributed by atoms with E-state index in [1.165, 1.54) is 43.3 Å². The molecule has 1 N–H and O–H groups in total. The molecular formula is C14H11N3O5. The van der Waals surface area contributed by atoms with Gasteiger partial charge < -0.3 is 5.32 Å². The zero-order chi connectivity index (χ0) is 16.3. The van der Waals surface area contributed by atoms with Gasteiger partial charge in [-0.15, -0.1) is 0 Å². The van der Waals surface area contributed by atoms with Crippen molar-refractivity contribution in [2.75, 3.05) is 5.32 Å². The van der Waals surface area contributed by atoms with E-state index in [1.54, 1.807) is 6.07 Å². The monoisotopic (exact) mass is 301 g/mol. The number of rotatable bonds is 4. The van der Waals surface area contributed by atoms with Gasteiger partial charge in [-0.3, -0.25) is 25.0 Å². The van der Waals surface area contributed by atoms with Crippen LogP contribution < -0.4 is 5.32 Å². The molecule has 0 aromatic heterocycles. The van der Waals surface area contributed by atoms with E-state index >= 15 is 0 Å². The van der Waals surface area contributed by atoms with E-state index in [1.807, 2.05) is 0 Å². The number of benzene rings is 2. The Hall–Kier alpha value is -3.29. The number of hydrogen-bond acceptors (Lipinski definition) is 5. The largest absolute Gasteiger partial charge is 0.321 e. The summed E-state index contributed by atoms with van der Waals surface area (Å²) in [7, 11) is 0. The number of nitro benzene ring substituents is 2. The van der Waals surface area contributed by atoms with Crippen LogP contribution in [-0.4, -0.2) is 15.8 Å². The van der Waals surface area contributed by atoms with Crippen LogP contribution in [0.15, 0.2) is 42.5 Å². The second kappa shape index (κ2) is 6.00. The van der Waals surface area contributed by atoms with Crippen LogP contribution in [0.5, 0.6) is 0 Å². The van der Waals surface area contributed by atoms with Crippen molar-refractivity contribution in [3.8, 4) is 0 Å². The molecule has 0 aliphatic carbocycles. The molecular weight excluding hydrogens is 290 g/mol. The van der Waals surface area contributed by atoms with Crippen LogP contribution in [0.3, 0.4) is 0 Å². The van der Waals surface area contributed by atoms with Crippen molar-refractivity contribution in [3.63, 3.8) is 0 Å². The van der Waals surface area contributed by atoms with Gasteiger partial charge in [0.15, 0.2) is 0 Å². The molecule has 0 spiro atoms. The van der Waals surface area contributed by atoms with E-state index in [2.05, 4.69) is 5.32 Å². The van der Waals surface area contributed by atoms with Crippen LogP contribution in [-0.2, 0) is 0 Å². The lowest BCUT2D eigenvalue weighted by molar-refractivity contribution is -0.385. The van der Waals surface area contributed by atoms with Crippen molar-refractivity contribution in [3.05, 3.63) is 73.8 Å². The first-order valence-corrected chi connectivity index (χ1v) is 6.20. The fraction of sp³-hybridized carbons (Fsp3) is 0.0714. The fourth-order valence-corrected chi connectivity index (χ4v) is 1.89. The van der Waals surface area contributed by atoms with Gasteiger partial charge in [-0.05, 0) is 25.1 Å². The second-order valence-electron chi connectivity index (χ2n) is 4.46. The lowest BCUT2D eigenvalue weighted by Crippen LogP contribution is -2.13. The van der Waals surface area contributed by atoms with Gasteiger partial charge in [0.05, 0.1) is 21.1 Å². The predicted molar refractivity (Wildman–Crippen MR) is 78.9 cm³/mol. The van der Waals surface area contributed by atoms with Crippen molar-refractivity contribution < 1.29 is 14.6 Å². The highest BCUT2D eigenvalue weighted by atomic mass is 16.6. The normalized spacial score (nSPS) is 10.0. The summed E-state index contributed by atoms with van der Waals surface area (Å²) < 4.78 is 0. The van der Waals surface area contributed by atoms with Gasteiger partial charge in [-0.25, -0.2) is 0 Å². The third-order valence-corrected chi connectivity index (χ3v) is 3.09. The molecule has 22 heavy (non-hydrogen) atoms. The van der Waals surface area contributed by atoms with Crippen molar-refractivity contribution >= 4 is 23.0 Å². The topological polar surface area (TPSA) is 115 Å². The molecule has 2 aromatic rings. The summed E-state index contributed by atoms with van der Waals surface area (Å²) >= 11 is 0. The number of nitro groups is 2. The van der Waals surface area contributed by atoms with Crippen molar-refractivity contribution in [2.45, 2.75) is 6.92 Å². The minimum atomic E-state index is -0.563. The smallest absolute Gasteiger partial charge is 0.274 e. The Morgan fingerprint density at radius 3 is 2.18 bits per heavy atom. The number of carbonyl (C=O) groups is 1. The number of hydrogen-bond donors (Lipinski definition) is 1. The Morgan fingerprint density at radius 1 is 1.00 bits per heavy atom. The number of amides is 1. The van der Waals surface area contributed by atoms with Crippen LogP contribution in [0, 0.1) is 27.2 Å². The van der Waals surface area contributed by atoms with E-state index in [-0.39, 0.29) is 16.9 Å². The van der Waals surface area contributed by atoms with Crippen molar-refractivity contribution in [1.82, 2.24) is 0 Å². The third kappa shape index (κ3) is 3.06. The quantitative estimate of drug-likeness (QED) is 0.688. The summed E-state index contributed by atoms with van der Waals surface area (Å²) in [5, 5.41) is 24.0. The zero-order valence-electron chi connectivity index (χ0n) is 11.5. The SMILES string of the molecule is Cc1c(NC(=O)c2ccc([N+](=O)[O-])cc2)cccc1[N+](=O)[O-]. The maximum atomic E-state index is 12.1. The predicted octanol–water partition coefficient (Wildman–Crippen LogP) is 3.06. The molecule has 8 heteroatoms. The van der Waals surface area contributed by atoms with Crippen LogP contribution in [0.1, 0.15) is 15.9 Å². The van der Waals surface area contributed by atoms with Crippen LogP contribution in [0.2, 0.25) is 0 Å². The van der Waals surface area contributed by atoms with Crippen LogP contribution in [0.25, 0.3) is 0 Å². The molecule has 0 saturated carbocycles. The first kappa shape index (κ1) is 15.1. The average molecular weight is 301 g/mol. The molecule has 0 radical (unpaired) electrons. The Labute approximate surface area is 124 Å². The highest BCUT2D eigenvalue weighted by molar-refractivity contribution is 6.05. The molecule has 8 nitrogen and oxygen atoms in total. The lowest BCUT2D eigenvalue weighted by atomic mass is 10.1. The number of nitrogens with zero attached hydrogens (tertiary/aromatic N) is 2. The second-order valence-corrected chi connectivity index (χ2v) is 4.46. The molecule has 0 fully saturated rings. The summed E-state index contributed by atoms with van der Waals surface area (Å²) in [6, 6.07) is 9.43. The molecule has 0 aliphatic heterocycles. The number of anilines is 1. The molecule has 0 unspecified atom stereocenters. The number of nitrogens with one attached hydrogen (secondary N) is 1. The molecule has 0 saturated heterocycles. The minimum Gasteiger partial charge on any atom is -0.321 e. The maximum Gasteiger partial charge on any atom is 0.274 e. The summed E-state index contributed by atoms with van der Waals surface area (Å²) in [6.45, 7) is 1.53. The van der Waals surface area contributed by atoms with E-state index in [4.69, 9.17) is 0 Å². The summed E-state index contributed by atoms with van der Waals surface area (Å²) in [5.41, 5.74) is 0.654. The molecule has 2 aromatic carbocycles. The minimum absolute atomic E-state index is 0.0958. The summed E-state index contributed by atoms with van der Waals surface area (Å²) in [5.74, 6) is -0.501. The highest BCUT2D eigenvalue weighted by Gasteiger charge is 2.16. The molecule has 2 rings (SSSR count). The van der Waals surface area contributed by atoms with E-state index in [0.717, 1.165) is 0 Å². The number of carbonyl (C=O) groups excluding carboxylic acids is 1. The van der Waals surface area contributed by atoms with Gasteiger partial charge in [0.1, 0.15) is 0 Å². The van der Waals surface area contributed by atoms with Gasteiger partial charge in [-0.1, -0.05) is 6.07 Å². The van der Waals surface area contributed by atoms with Crippen molar-refractivity contribution in [2.24, 2.45) is 0 Å². The van der Waals surface area contributed by atoms with Gasteiger partial charge in [0.25, 0.3) is 17.3 Å². The Morgan fingerprint density at radius 2 is 1.64 bits per heavy atom.